The fourth-order valence-electron chi connectivity index (χ4n) is 2.53. The van der Waals surface area contributed by atoms with Gasteiger partial charge in [-0.2, -0.15) is 5.10 Å². The molecule has 0 aliphatic carbocycles. The summed E-state index contributed by atoms with van der Waals surface area (Å²) in [6, 6.07) is 12.5. The molecule has 1 aromatic heterocycles. The van der Waals surface area contributed by atoms with Crippen molar-refractivity contribution in [2.75, 3.05) is 7.05 Å². The third kappa shape index (κ3) is 3.83. The largest absolute Gasteiger partial charge is 0.335 e. The van der Waals surface area contributed by atoms with Crippen molar-refractivity contribution in [2.24, 2.45) is 0 Å². The van der Waals surface area contributed by atoms with Crippen molar-refractivity contribution in [3.05, 3.63) is 76.3 Å². The summed E-state index contributed by atoms with van der Waals surface area (Å²) in [5.74, 6) is -0.141. The number of hydrogen-bond donors (Lipinski definition) is 0. The standard InChI is InChI=1S/C18H16Cl2N4O/c1-12(13-3-5-17(6-4-13)24-11-21-10-22-24)23(2)18(25)14-7-15(19)9-16(20)8-14/h3-12H,1-2H3/t12-/m0/s1. The fourth-order valence-corrected chi connectivity index (χ4v) is 3.05. The molecule has 1 heterocycles. The van der Waals surface area contributed by atoms with E-state index < -0.39 is 0 Å². The van der Waals surface area contributed by atoms with E-state index in [0.717, 1.165) is 11.3 Å². The van der Waals surface area contributed by atoms with Crippen molar-refractivity contribution in [1.29, 1.82) is 0 Å². The van der Waals surface area contributed by atoms with Crippen LogP contribution in [0.1, 0.15) is 28.9 Å². The quantitative estimate of drug-likeness (QED) is 0.679. The van der Waals surface area contributed by atoms with Gasteiger partial charge in [-0.3, -0.25) is 4.79 Å². The Kier molecular flexibility index (Phi) is 5.06. The van der Waals surface area contributed by atoms with E-state index in [1.165, 1.54) is 6.33 Å². The SMILES string of the molecule is C[C@@H](c1ccc(-n2cncn2)cc1)N(C)C(=O)c1cc(Cl)cc(Cl)c1. The Bertz CT molecular complexity index is 858. The van der Waals surface area contributed by atoms with Gasteiger partial charge in [0.1, 0.15) is 12.7 Å². The lowest BCUT2D eigenvalue weighted by atomic mass is 10.1. The monoisotopic (exact) mass is 374 g/mol. The van der Waals surface area contributed by atoms with Crippen LogP contribution in [0.5, 0.6) is 0 Å². The van der Waals surface area contributed by atoms with E-state index in [9.17, 15) is 4.79 Å². The third-order valence-electron chi connectivity index (χ3n) is 4.07. The van der Waals surface area contributed by atoms with Gasteiger partial charge in [0.2, 0.25) is 0 Å². The molecule has 3 aromatic rings. The van der Waals surface area contributed by atoms with Gasteiger partial charge in [-0.05, 0) is 42.8 Å². The molecule has 0 N–H and O–H groups in total. The van der Waals surface area contributed by atoms with E-state index in [0.29, 0.717) is 15.6 Å². The van der Waals surface area contributed by atoms with E-state index in [1.807, 2.05) is 31.2 Å². The van der Waals surface area contributed by atoms with Gasteiger partial charge < -0.3 is 4.90 Å². The summed E-state index contributed by atoms with van der Waals surface area (Å²) in [6.07, 6.45) is 3.12. The number of amides is 1. The average molecular weight is 375 g/mol. The Morgan fingerprint density at radius 3 is 2.32 bits per heavy atom. The molecule has 1 atom stereocenters. The van der Waals surface area contributed by atoms with Crippen LogP contribution in [0.4, 0.5) is 0 Å². The van der Waals surface area contributed by atoms with E-state index >= 15 is 0 Å². The number of halogens is 2. The van der Waals surface area contributed by atoms with Crippen molar-refractivity contribution in [2.45, 2.75) is 13.0 Å². The summed E-state index contributed by atoms with van der Waals surface area (Å²) in [7, 11) is 1.76. The first-order valence-corrected chi connectivity index (χ1v) is 8.39. The van der Waals surface area contributed by atoms with Crippen molar-refractivity contribution in [1.82, 2.24) is 19.7 Å². The van der Waals surface area contributed by atoms with Crippen LogP contribution < -0.4 is 0 Å². The fraction of sp³-hybridized carbons (Fsp3) is 0.167. The maximum absolute atomic E-state index is 12.7. The Balaban J connectivity index is 1.79. The minimum atomic E-state index is -0.141. The molecule has 0 bridgehead atoms. The highest BCUT2D eigenvalue weighted by Crippen LogP contribution is 2.25. The molecule has 0 unspecified atom stereocenters. The molecule has 0 aliphatic rings. The minimum Gasteiger partial charge on any atom is -0.335 e. The lowest BCUT2D eigenvalue weighted by Gasteiger charge is -2.25. The Morgan fingerprint density at radius 2 is 1.76 bits per heavy atom. The van der Waals surface area contributed by atoms with Crippen LogP contribution >= 0.6 is 23.2 Å². The zero-order valence-electron chi connectivity index (χ0n) is 13.7. The first kappa shape index (κ1) is 17.5. The topological polar surface area (TPSA) is 51.0 Å². The van der Waals surface area contributed by atoms with E-state index in [2.05, 4.69) is 10.1 Å². The van der Waals surface area contributed by atoms with E-state index in [-0.39, 0.29) is 11.9 Å². The van der Waals surface area contributed by atoms with Crippen molar-refractivity contribution in [3.8, 4) is 5.69 Å². The van der Waals surface area contributed by atoms with Gasteiger partial charge in [0.15, 0.2) is 0 Å². The van der Waals surface area contributed by atoms with Crippen molar-refractivity contribution in [3.63, 3.8) is 0 Å². The summed E-state index contributed by atoms with van der Waals surface area (Å²) < 4.78 is 1.68. The Labute approximate surface area is 155 Å². The lowest BCUT2D eigenvalue weighted by molar-refractivity contribution is 0.0742. The van der Waals surface area contributed by atoms with Crippen LogP contribution in [0.3, 0.4) is 0 Å². The lowest BCUT2D eigenvalue weighted by Crippen LogP contribution is -2.29. The zero-order valence-corrected chi connectivity index (χ0v) is 15.2. The van der Waals surface area contributed by atoms with Crippen molar-refractivity contribution < 1.29 is 4.79 Å². The van der Waals surface area contributed by atoms with Crippen LogP contribution in [0, 0.1) is 0 Å². The highest BCUT2D eigenvalue weighted by atomic mass is 35.5. The molecular formula is C18H16Cl2N4O. The highest BCUT2D eigenvalue weighted by molar-refractivity contribution is 6.35. The first-order valence-electron chi connectivity index (χ1n) is 7.64. The number of carbonyl (C=O) groups excluding carboxylic acids is 1. The van der Waals surface area contributed by atoms with Crippen LogP contribution in [0.15, 0.2) is 55.1 Å². The normalized spacial score (nSPS) is 12.0. The molecule has 0 aliphatic heterocycles. The average Bonchev–Trinajstić information content (AvgIpc) is 3.14. The molecule has 0 saturated heterocycles. The molecule has 5 nitrogen and oxygen atoms in total. The molecule has 0 saturated carbocycles. The molecule has 1 amide bonds. The Morgan fingerprint density at radius 1 is 1.12 bits per heavy atom. The third-order valence-corrected chi connectivity index (χ3v) is 4.51. The highest BCUT2D eigenvalue weighted by Gasteiger charge is 2.19. The number of hydrogen-bond acceptors (Lipinski definition) is 3. The minimum absolute atomic E-state index is 0.116. The van der Waals surface area contributed by atoms with Crippen molar-refractivity contribution >= 4 is 29.1 Å². The van der Waals surface area contributed by atoms with E-state index in [4.69, 9.17) is 23.2 Å². The molecule has 0 spiro atoms. The molecule has 25 heavy (non-hydrogen) atoms. The molecule has 3 rings (SSSR count). The molecule has 0 fully saturated rings. The number of aromatic nitrogens is 3. The summed E-state index contributed by atoms with van der Waals surface area (Å²) in [5.41, 5.74) is 2.38. The summed E-state index contributed by atoms with van der Waals surface area (Å²) in [5, 5.41) is 4.97. The molecule has 0 radical (unpaired) electrons. The second-order valence-corrected chi connectivity index (χ2v) is 6.55. The van der Waals surface area contributed by atoms with Gasteiger partial charge in [0, 0.05) is 22.7 Å². The van der Waals surface area contributed by atoms with Crippen LogP contribution in [0.25, 0.3) is 5.69 Å². The summed E-state index contributed by atoms with van der Waals surface area (Å²) in [6.45, 7) is 1.97. The Hall–Kier alpha value is -2.37. The molecule has 2 aromatic carbocycles. The van der Waals surface area contributed by atoms with Gasteiger partial charge in [0.05, 0.1) is 11.7 Å². The number of rotatable bonds is 4. The predicted molar refractivity (Wildman–Crippen MR) is 98.3 cm³/mol. The maximum atomic E-state index is 12.7. The maximum Gasteiger partial charge on any atom is 0.254 e. The number of benzene rings is 2. The van der Waals surface area contributed by atoms with Crippen LogP contribution in [-0.2, 0) is 0 Å². The number of carbonyl (C=O) groups is 1. The first-order chi connectivity index (χ1) is 12.0. The van der Waals surface area contributed by atoms with E-state index in [1.54, 1.807) is 41.2 Å². The van der Waals surface area contributed by atoms with Crippen LogP contribution in [-0.4, -0.2) is 32.6 Å². The van der Waals surface area contributed by atoms with Gasteiger partial charge in [-0.15, -0.1) is 0 Å². The predicted octanol–water partition coefficient (Wildman–Crippen LogP) is 4.41. The van der Waals surface area contributed by atoms with Gasteiger partial charge >= 0.3 is 0 Å². The summed E-state index contributed by atoms with van der Waals surface area (Å²) in [4.78, 5) is 18.3. The van der Waals surface area contributed by atoms with Gasteiger partial charge in [-0.1, -0.05) is 35.3 Å². The van der Waals surface area contributed by atoms with Gasteiger partial charge in [0.25, 0.3) is 5.91 Å². The molecule has 7 heteroatoms. The zero-order chi connectivity index (χ0) is 18.0. The second kappa shape index (κ2) is 7.25. The van der Waals surface area contributed by atoms with Crippen LogP contribution in [0.2, 0.25) is 10.0 Å². The van der Waals surface area contributed by atoms with Gasteiger partial charge in [-0.25, -0.2) is 9.67 Å². The number of nitrogens with zero attached hydrogens (tertiary/aromatic N) is 4. The molecular weight excluding hydrogens is 359 g/mol. The summed E-state index contributed by atoms with van der Waals surface area (Å²) >= 11 is 12.0. The second-order valence-electron chi connectivity index (χ2n) is 5.68. The molecule has 128 valence electrons. The smallest absolute Gasteiger partial charge is 0.254 e.